The second-order valence-electron chi connectivity index (χ2n) is 15.0. The van der Waals surface area contributed by atoms with Crippen LogP contribution >= 0.6 is 19.4 Å². The molecule has 1 aromatic carbocycles. The van der Waals surface area contributed by atoms with Crippen molar-refractivity contribution in [3.05, 3.63) is 64.4 Å². The van der Waals surface area contributed by atoms with Crippen LogP contribution < -0.4 is 5.73 Å². The maximum atomic E-state index is 13.0. The summed E-state index contributed by atoms with van der Waals surface area (Å²) in [6.07, 6.45) is 16.1. The van der Waals surface area contributed by atoms with Crippen molar-refractivity contribution in [3.63, 3.8) is 0 Å². The van der Waals surface area contributed by atoms with Gasteiger partial charge in [-0.05, 0) is 42.3 Å². The standard InChI is InChI=1S/C42H61ClN5O9P/c1-2-3-4-5-6-7-8-9-10-11-12-13-14-15-16-17-24-53-28-34(54-27-32-18-19-33(26-44)35(43)25-32)29-55-58(51,52)56-30-38-40(49)41(50)42(31-45,57-38)39-21-20-37-36(46)22-23-47-48(37)39/h18-23,25,34,38,40-41,49-50H,2-17,24,27-30,46H2,1H3,(H,51,52)/t34-,38-,40-,41-,42+/m1/s1. The summed E-state index contributed by atoms with van der Waals surface area (Å²) in [5, 5.41) is 45.7. The Morgan fingerprint density at radius 1 is 0.931 bits per heavy atom. The lowest BCUT2D eigenvalue weighted by atomic mass is 9.92. The van der Waals surface area contributed by atoms with E-state index < -0.39 is 51.1 Å². The van der Waals surface area contributed by atoms with Crippen molar-refractivity contribution in [1.29, 1.82) is 10.5 Å². The minimum absolute atomic E-state index is 0.0591. The number of rotatable bonds is 29. The first-order chi connectivity index (χ1) is 28.0. The van der Waals surface area contributed by atoms with Crippen LogP contribution in [0.3, 0.4) is 0 Å². The predicted molar refractivity (Wildman–Crippen MR) is 221 cm³/mol. The molecule has 4 rings (SSSR count). The number of aromatic nitrogens is 2. The van der Waals surface area contributed by atoms with E-state index in [-0.39, 0.29) is 23.9 Å². The average Bonchev–Trinajstić information content (AvgIpc) is 3.76. The molecule has 58 heavy (non-hydrogen) atoms. The number of hydrogen-bond acceptors (Lipinski definition) is 12. The molecule has 1 aliphatic heterocycles. The minimum Gasteiger partial charge on any atom is -0.397 e. The van der Waals surface area contributed by atoms with Crippen molar-refractivity contribution in [2.24, 2.45) is 0 Å². The predicted octanol–water partition coefficient (Wildman–Crippen LogP) is 8.28. The first kappa shape index (κ1) is 47.6. The number of nitrogen functional groups attached to an aromatic ring is 1. The highest BCUT2D eigenvalue weighted by Gasteiger charge is 2.58. The molecule has 0 bridgehead atoms. The Morgan fingerprint density at radius 3 is 2.17 bits per heavy atom. The van der Waals surface area contributed by atoms with Gasteiger partial charge < -0.3 is 35.1 Å². The Labute approximate surface area is 347 Å². The number of phosphoric ester groups is 1. The maximum Gasteiger partial charge on any atom is 0.472 e. The average molecular weight is 846 g/mol. The van der Waals surface area contributed by atoms with Crippen molar-refractivity contribution in [2.45, 2.75) is 146 Å². The highest BCUT2D eigenvalue weighted by Crippen LogP contribution is 2.46. The van der Waals surface area contributed by atoms with E-state index in [0.717, 1.165) is 19.3 Å². The Morgan fingerprint density at radius 2 is 1.57 bits per heavy atom. The Kier molecular flexibility index (Phi) is 20.4. The number of aliphatic hydroxyl groups excluding tert-OH is 2. The molecule has 1 fully saturated rings. The number of hydrogen-bond donors (Lipinski definition) is 4. The molecule has 0 radical (unpaired) electrons. The smallest absolute Gasteiger partial charge is 0.397 e. The normalized spacial score (nSPS) is 20.8. The zero-order valence-corrected chi connectivity index (χ0v) is 35.3. The van der Waals surface area contributed by atoms with E-state index in [9.17, 15) is 30.2 Å². The number of phosphoric acid groups is 1. The maximum absolute atomic E-state index is 13.0. The van der Waals surface area contributed by atoms with Crippen LogP contribution in [0.5, 0.6) is 0 Å². The van der Waals surface area contributed by atoms with Crippen LogP contribution in [0.25, 0.3) is 5.52 Å². The second-order valence-corrected chi connectivity index (χ2v) is 16.9. The first-order valence-corrected chi connectivity index (χ1v) is 22.6. The summed E-state index contributed by atoms with van der Waals surface area (Å²) >= 11 is 6.20. The minimum atomic E-state index is -4.78. The summed E-state index contributed by atoms with van der Waals surface area (Å²) in [5.41, 5.74) is 5.87. The molecular weight excluding hydrogens is 785 g/mol. The molecular formula is C42H61ClN5O9P. The number of unbranched alkanes of at least 4 members (excludes halogenated alkanes) is 15. The lowest BCUT2D eigenvalue weighted by Crippen LogP contribution is -2.41. The van der Waals surface area contributed by atoms with Gasteiger partial charge in [-0.1, -0.05) is 121 Å². The van der Waals surface area contributed by atoms with Crippen molar-refractivity contribution >= 4 is 30.6 Å². The monoisotopic (exact) mass is 845 g/mol. The quantitative estimate of drug-likeness (QED) is 0.0383. The van der Waals surface area contributed by atoms with Gasteiger partial charge in [-0.25, -0.2) is 9.08 Å². The third kappa shape index (κ3) is 14.3. The van der Waals surface area contributed by atoms with E-state index >= 15 is 0 Å². The lowest BCUT2D eigenvalue weighted by molar-refractivity contribution is -0.0690. The van der Waals surface area contributed by atoms with E-state index in [1.165, 1.54) is 100 Å². The summed E-state index contributed by atoms with van der Waals surface area (Å²) in [6.45, 7) is 1.77. The van der Waals surface area contributed by atoms with Gasteiger partial charge in [-0.2, -0.15) is 15.6 Å². The van der Waals surface area contributed by atoms with Crippen LogP contribution in [0.15, 0.2) is 42.6 Å². The number of halogens is 1. The Hall–Kier alpha value is -3.11. The molecule has 1 saturated heterocycles. The summed E-state index contributed by atoms with van der Waals surface area (Å²) in [6, 6.07) is 13.5. The molecule has 0 spiro atoms. The number of aliphatic hydroxyl groups is 2. The summed E-state index contributed by atoms with van der Waals surface area (Å²) in [7, 11) is -4.78. The number of fused-ring (bicyclic) bond motifs is 1. The van der Waals surface area contributed by atoms with E-state index in [2.05, 4.69) is 12.0 Å². The molecule has 320 valence electrons. The molecule has 0 aliphatic carbocycles. The number of benzene rings is 1. The lowest BCUT2D eigenvalue weighted by Gasteiger charge is -2.24. The molecule has 0 amide bonds. The number of nitrogens with zero attached hydrogens (tertiary/aromatic N) is 4. The number of anilines is 1. The summed E-state index contributed by atoms with van der Waals surface area (Å²) < 4.78 is 42.6. The van der Waals surface area contributed by atoms with E-state index in [0.29, 0.717) is 28.9 Å². The zero-order valence-electron chi connectivity index (χ0n) is 33.7. The number of ether oxygens (including phenoxy) is 3. The van der Waals surface area contributed by atoms with Gasteiger partial charge in [-0.15, -0.1) is 0 Å². The van der Waals surface area contributed by atoms with Crippen LogP contribution in [0.2, 0.25) is 5.02 Å². The fourth-order valence-electron chi connectivity index (χ4n) is 7.08. The van der Waals surface area contributed by atoms with E-state index in [1.54, 1.807) is 30.3 Å². The van der Waals surface area contributed by atoms with Crippen LogP contribution in [-0.2, 0) is 40.0 Å². The first-order valence-electron chi connectivity index (χ1n) is 20.7. The second kappa shape index (κ2) is 24.8. The van der Waals surface area contributed by atoms with Gasteiger partial charge in [0, 0.05) is 12.8 Å². The molecule has 0 saturated carbocycles. The van der Waals surface area contributed by atoms with Gasteiger partial charge in [0.25, 0.3) is 0 Å². The fourth-order valence-corrected chi connectivity index (χ4v) is 8.09. The molecule has 14 nitrogen and oxygen atoms in total. The third-order valence-corrected chi connectivity index (χ3v) is 11.8. The van der Waals surface area contributed by atoms with Crippen molar-refractivity contribution in [2.75, 3.05) is 32.2 Å². The number of nitrogens with two attached hydrogens (primary N) is 1. The zero-order chi connectivity index (χ0) is 41.8. The largest absolute Gasteiger partial charge is 0.472 e. The van der Waals surface area contributed by atoms with Gasteiger partial charge in [0.15, 0.2) is 0 Å². The molecule has 5 N–H and O–H groups in total. The highest BCUT2D eigenvalue weighted by atomic mass is 35.5. The van der Waals surface area contributed by atoms with Crippen molar-refractivity contribution in [1.82, 2.24) is 9.61 Å². The molecule has 16 heteroatoms. The van der Waals surface area contributed by atoms with Crippen LogP contribution in [-0.4, -0.2) is 75.6 Å². The van der Waals surface area contributed by atoms with Crippen LogP contribution in [0, 0.1) is 22.7 Å². The van der Waals surface area contributed by atoms with Gasteiger partial charge in [0.2, 0.25) is 5.60 Å². The Bertz CT molecular complexity index is 1820. The molecule has 3 heterocycles. The molecule has 1 aliphatic rings. The number of nitriles is 2. The van der Waals surface area contributed by atoms with Gasteiger partial charge >= 0.3 is 7.82 Å². The summed E-state index contributed by atoms with van der Waals surface area (Å²) in [5.74, 6) is 0. The van der Waals surface area contributed by atoms with Crippen molar-refractivity contribution in [3.8, 4) is 12.1 Å². The summed E-state index contributed by atoms with van der Waals surface area (Å²) in [4.78, 5) is 10.6. The van der Waals surface area contributed by atoms with Gasteiger partial charge in [0.1, 0.15) is 36.6 Å². The van der Waals surface area contributed by atoms with Crippen LogP contribution in [0.4, 0.5) is 5.69 Å². The molecule has 6 atom stereocenters. The molecule has 1 unspecified atom stereocenters. The molecule has 2 aromatic heterocycles. The SMILES string of the molecule is CCCCCCCCCCCCCCCCCCOC[C@H](COP(=O)(O)OC[C@H]1O[C@@](C#N)(c2ccc3c(N)ccnn23)[C@H](O)[C@@H]1O)OCc1ccc(C#N)c(Cl)c1. The van der Waals surface area contributed by atoms with Gasteiger partial charge in [-0.3, -0.25) is 9.05 Å². The highest BCUT2D eigenvalue weighted by molar-refractivity contribution is 7.47. The third-order valence-electron chi connectivity index (χ3n) is 10.5. The molecule has 3 aromatic rings. The topological polar surface area (TPSA) is 215 Å². The van der Waals surface area contributed by atoms with Gasteiger partial charge in [0.05, 0.1) is 53.9 Å². The van der Waals surface area contributed by atoms with E-state index in [4.69, 9.17) is 40.6 Å². The fraction of sp³-hybridized carbons (Fsp3) is 0.643. The Balaban J connectivity index is 1.20. The van der Waals surface area contributed by atoms with E-state index in [1.807, 2.05) is 12.1 Å². The van der Waals surface area contributed by atoms with Crippen LogP contribution in [0.1, 0.15) is 126 Å². The van der Waals surface area contributed by atoms with Crippen molar-refractivity contribution < 1.29 is 42.9 Å².